The summed E-state index contributed by atoms with van der Waals surface area (Å²) >= 11 is 5.88. The number of carbonyl (C=O) groups is 1. The molecule has 0 saturated carbocycles. The number of aromatic hydroxyl groups is 1. The van der Waals surface area contributed by atoms with Gasteiger partial charge < -0.3 is 14.6 Å². The fourth-order valence-electron chi connectivity index (χ4n) is 1.88. The third-order valence-corrected chi connectivity index (χ3v) is 3.30. The Balaban J connectivity index is 1.88. The van der Waals surface area contributed by atoms with Crippen molar-refractivity contribution >= 4 is 17.9 Å². The van der Waals surface area contributed by atoms with Gasteiger partial charge in [0.2, 0.25) is 0 Å². The molecule has 1 aliphatic heterocycles. The molecule has 5 nitrogen and oxygen atoms in total. The molecule has 0 unspecified atom stereocenters. The van der Waals surface area contributed by atoms with E-state index < -0.39 is 0 Å². The van der Waals surface area contributed by atoms with Crippen molar-refractivity contribution in [3.63, 3.8) is 0 Å². The molecule has 1 aromatic rings. The standard InChI is InChI=1S/C13H16ClNO4/c14-11-8-13(12(17)7-10(11)9-16)19-6-3-15-1-4-18-5-2-15/h7-9,17H,1-6H2. The number of nitrogens with zero attached hydrogens (tertiary/aromatic N) is 1. The van der Waals surface area contributed by atoms with Gasteiger partial charge in [-0.25, -0.2) is 0 Å². The summed E-state index contributed by atoms with van der Waals surface area (Å²) < 4.78 is 10.7. The average molecular weight is 286 g/mol. The topological polar surface area (TPSA) is 59.0 Å². The molecule has 1 heterocycles. The smallest absolute Gasteiger partial charge is 0.162 e. The minimum atomic E-state index is -0.0755. The number of phenolic OH excluding ortho intramolecular Hbond substituents is 1. The van der Waals surface area contributed by atoms with Gasteiger partial charge in [-0.2, -0.15) is 0 Å². The Morgan fingerprint density at radius 2 is 2.16 bits per heavy atom. The molecule has 104 valence electrons. The van der Waals surface area contributed by atoms with E-state index in [0.717, 1.165) is 32.8 Å². The lowest BCUT2D eigenvalue weighted by Gasteiger charge is -2.26. The zero-order valence-electron chi connectivity index (χ0n) is 10.5. The lowest BCUT2D eigenvalue weighted by Crippen LogP contribution is -2.38. The summed E-state index contributed by atoms with van der Waals surface area (Å²) in [5, 5.41) is 9.98. The van der Waals surface area contributed by atoms with Gasteiger partial charge in [0.25, 0.3) is 0 Å². The Kier molecular flexibility index (Phi) is 5.01. The van der Waals surface area contributed by atoms with Crippen LogP contribution in [-0.4, -0.2) is 55.7 Å². The molecular formula is C13H16ClNO4. The first-order valence-corrected chi connectivity index (χ1v) is 6.49. The Bertz CT molecular complexity index is 447. The molecule has 0 bridgehead atoms. The molecule has 0 aromatic heterocycles. The number of morpholine rings is 1. The first-order chi connectivity index (χ1) is 9.20. The lowest BCUT2D eigenvalue weighted by atomic mass is 10.2. The van der Waals surface area contributed by atoms with Gasteiger partial charge >= 0.3 is 0 Å². The Labute approximate surface area is 116 Å². The van der Waals surface area contributed by atoms with E-state index in [-0.39, 0.29) is 16.3 Å². The monoisotopic (exact) mass is 285 g/mol. The molecular weight excluding hydrogens is 270 g/mol. The van der Waals surface area contributed by atoms with E-state index in [2.05, 4.69) is 4.90 Å². The zero-order chi connectivity index (χ0) is 13.7. The van der Waals surface area contributed by atoms with Crippen LogP contribution < -0.4 is 4.74 Å². The number of benzene rings is 1. The Hall–Kier alpha value is -1.30. The molecule has 0 radical (unpaired) electrons. The number of ether oxygens (including phenoxy) is 2. The second-order valence-corrected chi connectivity index (χ2v) is 4.67. The SMILES string of the molecule is O=Cc1cc(O)c(OCCN2CCOCC2)cc1Cl. The summed E-state index contributed by atoms with van der Waals surface area (Å²) in [7, 11) is 0. The highest BCUT2D eigenvalue weighted by molar-refractivity contribution is 6.33. The first-order valence-electron chi connectivity index (χ1n) is 6.11. The Morgan fingerprint density at radius 1 is 1.42 bits per heavy atom. The summed E-state index contributed by atoms with van der Waals surface area (Å²) in [5.41, 5.74) is 0.250. The minimum absolute atomic E-state index is 0.0755. The third-order valence-electron chi connectivity index (χ3n) is 2.97. The summed E-state index contributed by atoms with van der Waals surface area (Å²) in [4.78, 5) is 12.9. The van der Waals surface area contributed by atoms with Crippen LogP contribution in [0.25, 0.3) is 0 Å². The second-order valence-electron chi connectivity index (χ2n) is 4.26. The summed E-state index contributed by atoms with van der Waals surface area (Å²) in [6, 6.07) is 2.76. The number of phenols is 1. The molecule has 19 heavy (non-hydrogen) atoms. The molecule has 1 saturated heterocycles. The van der Waals surface area contributed by atoms with Crippen LogP contribution in [0, 0.1) is 0 Å². The molecule has 0 spiro atoms. The molecule has 1 N–H and O–H groups in total. The number of aldehydes is 1. The van der Waals surface area contributed by atoms with Crippen LogP contribution >= 0.6 is 11.6 Å². The summed E-state index contributed by atoms with van der Waals surface area (Å²) in [6.45, 7) is 4.47. The number of halogens is 1. The molecule has 0 atom stereocenters. The summed E-state index contributed by atoms with van der Waals surface area (Å²) in [6.07, 6.45) is 0.597. The van der Waals surface area contributed by atoms with Crippen molar-refractivity contribution in [2.75, 3.05) is 39.5 Å². The predicted molar refractivity (Wildman–Crippen MR) is 71.3 cm³/mol. The predicted octanol–water partition coefficient (Wildman–Crippen LogP) is 1.57. The normalized spacial score (nSPS) is 16.3. The third kappa shape index (κ3) is 3.83. The van der Waals surface area contributed by atoms with E-state index >= 15 is 0 Å². The van der Waals surface area contributed by atoms with Gasteiger partial charge in [-0.1, -0.05) is 11.6 Å². The van der Waals surface area contributed by atoms with Gasteiger partial charge in [0.05, 0.1) is 18.2 Å². The first kappa shape index (κ1) is 14.1. The van der Waals surface area contributed by atoms with Crippen LogP contribution in [0.15, 0.2) is 12.1 Å². The van der Waals surface area contributed by atoms with Gasteiger partial charge in [-0.3, -0.25) is 9.69 Å². The minimum Gasteiger partial charge on any atom is -0.504 e. The van der Waals surface area contributed by atoms with Crippen molar-refractivity contribution in [2.45, 2.75) is 0 Å². The van der Waals surface area contributed by atoms with Crippen molar-refractivity contribution in [2.24, 2.45) is 0 Å². The van der Waals surface area contributed by atoms with Gasteiger partial charge in [-0.15, -0.1) is 0 Å². The molecule has 1 fully saturated rings. The lowest BCUT2D eigenvalue weighted by molar-refractivity contribution is 0.0321. The quantitative estimate of drug-likeness (QED) is 0.832. The van der Waals surface area contributed by atoms with Crippen LogP contribution in [-0.2, 0) is 4.74 Å². The van der Waals surface area contributed by atoms with Crippen LogP contribution in [0.1, 0.15) is 10.4 Å². The van der Waals surface area contributed by atoms with Crippen molar-refractivity contribution in [3.05, 3.63) is 22.7 Å². The molecule has 1 aromatic carbocycles. The number of carbonyl (C=O) groups excluding carboxylic acids is 1. The van der Waals surface area contributed by atoms with Crippen molar-refractivity contribution < 1.29 is 19.4 Å². The molecule has 1 aliphatic rings. The van der Waals surface area contributed by atoms with Crippen LogP contribution in [0.2, 0.25) is 5.02 Å². The van der Waals surface area contributed by atoms with Crippen LogP contribution in [0.5, 0.6) is 11.5 Å². The van der Waals surface area contributed by atoms with Gasteiger partial charge in [-0.05, 0) is 6.07 Å². The van der Waals surface area contributed by atoms with Crippen molar-refractivity contribution in [1.82, 2.24) is 4.90 Å². The fourth-order valence-corrected chi connectivity index (χ4v) is 2.07. The highest BCUT2D eigenvalue weighted by atomic mass is 35.5. The largest absolute Gasteiger partial charge is 0.504 e. The van der Waals surface area contributed by atoms with E-state index in [0.29, 0.717) is 18.6 Å². The highest BCUT2D eigenvalue weighted by Crippen LogP contribution is 2.31. The molecule has 2 rings (SSSR count). The molecule has 0 amide bonds. The van der Waals surface area contributed by atoms with E-state index in [1.54, 1.807) is 0 Å². The number of hydrogen-bond donors (Lipinski definition) is 1. The second kappa shape index (κ2) is 6.75. The van der Waals surface area contributed by atoms with Crippen LogP contribution in [0.4, 0.5) is 0 Å². The average Bonchev–Trinajstić information content (AvgIpc) is 2.43. The molecule has 6 heteroatoms. The van der Waals surface area contributed by atoms with Crippen molar-refractivity contribution in [1.29, 1.82) is 0 Å². The number of rotatable bonds is 5. The summed E-state index contributed by atoms with van der Waals surface area (Å²) in [5.74, 6) is 0.220. The zero-order valence-corrected chi connectivity index (χ0v) is 11.2. The molecule has 0 aliphatic carbocycles. The highest BCUT2D eigenvalue weighted by Gasteiger charge is 2.12. The van der Waals surface area contributed by atoms with E-state index in [1.165, 1.54) is 12.1 Å². The number of hydrogen-bond acceptors (Lipinski definition) is 5. The van der Waals surface area contributed by atoms with Crippen LogP contribution in [0.3, 0.4) is 0 Å². The fraction of sp³-hybridized carbons (Fsp3) is 0.462. The van der Waals surface area contributed by atoms with E-state index in [9.17, 15) is 9.90 Å². The Morgan fingerprint density at radius 3 is 2.84 bits per heavy atom. The maximum Gasteiger partial charge on any atom is 0.162 e. The van der Waals surface area contributed by atoms with Crippen molar-refractivity contribution in [3.8, 4) is 11.5 Å². The van der Waals surface area contributed by atoms with Gasteiger partial charge in [0.1, 0.15) is 6.61 Å². The van der Waals surface area contributed by atoms with Gasteiger partial charge in [0.15, 0.2) is 17.8 Å². The van der Waals surface area contributed by atoms with E-state index in [1.807, 2.05) is 0 Å². The maximum absolute atomic E-state index is 10.7. The maximum atomic E-state index is 10.7. The van der Waals surface area contributed by atoms with Gasteiger partial charge in [0, 0.05) is 31.3 Å². The van der Waals surface area contributed by atoms with E-state index in [4.69, 9.17) is 21.1 Å².